The van der Waals surface area contributed by atoms with Crippen LogP contribution in [0.25, 0.3) is 0 Å². The summed E-state index contributed by atoms with van der Waals surface area (Å²) >= 11 is 0. The summed E-state index contributed by atoms with van der Waals surface area (Å²) in [6.45, 7) is 1.11. The molecule has 3 atom stereocenters. The number of aliphatic hydroxyl groups is 1. The molecule has 1 saturated carbocycles. The molecule has 2 fully saturated rings. The zero-order chi connectivity index (χ0) is 11.5. The van der Waals surface area contributed by atoms with E-state index in [2.05, 4.69) is 5.32 Å². The first-order chi connectivity index (χ1) is 7.66. The molecule has 1 heterocycles. The quantitative estimate of drug-likeness (QED) is 0.596. The molecular formula is C11H19NO4. The molecule has 1 aliphatic heterocycles. The molecule has 2 aliphatic rings. The number of aliphatic hydroxyl groups excluding tert-OH is 1. The molecular weight excluding hydrogens is 210 g/mol. The minimum absolute atomic E-state index is 0.200. The minimum Gasteiger partial charge on any atom is -0.481 e. The Labute approximate surface area is 94.8 Å². The van der Waals surface area contributed by atoms with Crippen LogP contribution in [-0.4, -0.2) is 47.6 Å². The maximum atomic E-state index is 10.4. The summed E-state index contributed by atoms with van der Waals surface area (Å²) in [5.74, 6) is -0.285. The molecule has 3 unspecified atom stereocenters. The summed E-state index contributed by atoms with van der Waals surface area (Å²) in [6, 6.07) is 0.288. The van der Waals surface area contributed by atoms with E-state index in [4.69, 9.17) is 9.84 Å². The summed E-state index contributed by atoms with van der Waals surface area (Å²) in [5.41, 5.74) is 0. The second-order valence-electron chi connectivity index (χ2n) is 4.73. The molecule has 0 aromatic heterocycles. The summed E-state index contributed by atoms with van der Waals surface area (Å²) in [6.07, 6.45) is 2.70. The number of ether oxygens (including phenoxy) is 1. The normalized spacial score (nSPS) is 31.6. The molecule has 1 aliphatic carbocycles. The highest BCUT2D eigenvalue weighted by Crippen LogP contribution is 2.38. The van der Waals surface area contributed by atoms with E-state index in [0.717, 1.165) is 13.0 Å². The smallest absolute Gasteiger partial charge is 0.306 e. The molecule has 1 saturated heterocycles. The van der Waals surface area contributed by atoms with Crippen LogP contribution in [-0.2, 0) is 9.53 Å². The third-order valence-electron chi connectivity index (χ3n) is 3.25. The molecule has 0 aromatic rings. The first-order valence-corrected chi connectivity index (χ1v) is 5.91. The van der Waals surface area contributed by atoms with E-state index in [0.29, 0.717) is 12.5 Å². The van der Waals surface area contributed by atoms with Crippen LogP contribution in [0.4, 0.5) is 0 Å². The standard InChI is InChI=1S/C11H19NO4/c13-8(5-10(14)15)6-12-9-3-4-16-11(9)7-1-2-7/h7-9,11-13H,1-6H2,(H,14,15). The number of hydrogen-bond acceptors (Lipinski definition) is 4. The molecule has 3 N–H and O–H groups in total. The number of carboxylic acid groups (broad SMARTS) is 1. The summed E-state index contributed by atoms with van der Waals surface area (Å²) in [5, 5.41) is 21.2. The lowest BCUT2D eigenvalue weighted by Crippen LogP contribution is -2.42. The van der Waals surface area contributed by atoms with E-state index in [-0.39, 0.29) is 18.6 Å². The van der Waals surface area contributed by atoms with Gasteiger partial charge < -0.3 is 20.3 Å². The molecule has 5 nitrogen and oxygen atoms in total. The van der Waals surface area contributed by atoms with Gasteiger partial charge in [0.2, 0.25) is 0 Å². The first kappa shape index (κ1) is 11.8. The van der Waals surface area contributed by atoms with Crippen LogP contribution in [0.5, 0.6) is 0 Å². The third-order valence-corrected chi connectivity index (χ3v) is 3.25. The van der Waals surface area contributed by atoms with Crippen LogP contribution < -0.4 is 5.32 Å². The Kier molecular flexibility index (Phi) is 3.78. The molecule has 2 rings (SSSR count). The number of nitrogens with one attached hydrogen (secondary N) is 1. The van der Waals surface area contributed by atoms with Gasteiger partial charge in [-0.1, -0.05) is 0 Å². The van der Waals surface area contributed by atoms with E-state index in [1.807, 2.05) is 0 Å². The Balaban J connectivity index is 1.70. The Morgan fingerprint density at radius 3 is 2.81 bits per heavy atom. The van der Waals surface area contributed by atoms with Crippen molar-refractivity contribution in [1.29, 1.82) is 0 Å². The van der Waals surface area contributed by atoms with Gasteiger partial charge in [0.25, 0.3) is 0 Å². The van der Waals surface area contributed by atoms with Gasteiger partial charge in [-0.2, -0.15) is 0 Å². The van der Waals surface area contributed by atoms with Crippen molar-refractivity contribution in [1.82, 2.24) is 5.32 Å². The number of rotatable bonds is 6. The predicted molar refractivity (Wildman–Crippen MR) is 57.1 cm³/mol. The van der Waals surface area contributed by atoms with E-state index >= 15 is 0 Å². The third kappa shape index (κ3) is 3.17. The molecule has 0 radical (unpaired) electrons. The van der Waals surface area contributed by atoms with Gasteiger partial charge in [-0.15, -0.1) is 0 Å². The van der Waals surface area contributed by atoms with Crippen molar-refractivity contribution in [2.24, 2.45) is 5.92 Å². The molecule has 16 heavy (non-hydrogen) atoms. The second kappa shape index (κ2) is 5.12. The first-order valence-electron chi connectivity index (χ1n) is 5.91. The lowest BCUT2D eigenvalue weighted by molar-refractivity contribution is -0.139. The van der Waals surface area contributed by atoms with Gasteiger partial charge in [0, 0.05) is 19.2 Å². The van der Waals surface area contributed by atoms with Crippen molar-refractivity contribution in [3.8, 4) is 0 Å². The van der Waals surface area contributed by atoms with E-state index in [9.17, 15) is 9.90 Å². The maximum Gasteiger partial charge on any atom is 0.306 e. The highest BCUT2D eigenvalue weighted by molar-refractivity contribution is 5.67. The van der Waals surface area contributed by atoms with Crippen LogP contribution in [0.3, 0.4) is 0 Å². The Bertz CT molecular complexity index is 254. The minimum atomic E-state index is -0.962. The van der Waals surface area contributed by atoms with Gasteiger partial charge in [-0.05, 0) is 25.2 Å². The van der Waals surface area contributed by atoms with E-state index in [1.54, 1.807) is 0 Å². The van der Waals surface area contributed by atoms with E-state index < -0.39 is 12.1 Å². The number of carboxylic acids is 1. The number of aliphatic carboxylic acids is 1. The van der Waals surface area contributed by atoms with Crippen molar-refractivity contribution in [3.05, 3.63) is 0 Å². The lowest BCUT2D eigenvalue weighted by atomic mass is 10.1. The largest absolute Gasteiger partial charge is 0.481 e. The maximum absolute atomic E-state index is 10.4. The fourth-order valence-electron chi connectivity index (χ4n) is 2.28. The van der Waals surface area contributed by atoms with Crippen molar-refractivity contribution < 1.29 is 19.7 Å². The topological polar surface area (TPSA) is 78.8 Å². The van der Waals surface area contributed by atoms with Crippen LogP contribution in [0.1, 0.15) is 25.7 Å². The van der Waals surface area contributed by atoms with Crippen LogP contribution >= 0.6 is 0 Å². The van der Waals surface area contributed by atoms with Gasteiger partial charge >= 0.3 is 5.97 Å². The summed E-state index contributed by atoms with van der Waals surface area (Å²) in [7, 11) is 0. The molecule has 0 spiro atoms. The molecule has 0 aromatic carbocycles. The Morgan fingerprint density at radius 2 is 2.19 bits per heavy atom. The van der Waals surface area contributed by atoms with Gasteiger partial charge in [-0.25, -0.2) is 0 Å². The highest BCUT2D eigenvalue weighted by atomic mass is 16.5. The molecule has 5 heteroatoms. The van der Waals surface area contributed by atoms with Crippen molar-refractivity contribution in [2.75, 3.05) is 13.2 Å². The monoisotopic (exact) mass is 229 g/mol. The Hall–Kier alpha value is -0.650. The number of hydrogen-bond donors (Lipinski definition) is 3. The fraction of sp³-hybridized carbons (Fsp3) is 0.909. The van der Waals surface area contributed by atoms with Crippen LogP contribution in [0, 0.1) is 5.92 Å². The van der Waals surface area contributed by atoms with Crippen molar-refractivity contribution >= 4 is 5.97 Å². The van der Waals surface area contributed by atoms with Crippen molar-refractivity contribution in [2.45, 2.75) is 43.9 Å². The van der Waals surface area contributed by atoms with Gasteiger partial charge in [0.15, 0.2) is 0 Å². The molecule has 0 bridgehead atoms. The predicted octanol–water partition coefficient (Wildman–Crippen LogP) is -0.0209. The second-order valence-corrected chi connectivity index (χ2v) is 4.73. The van der Waals surface area contributed by atoms with Crippen LogP contribution in [0.15, 0.2) is 0 Å². The summed E-state index contributed by atoms with van der Waals surface area (Å²) in [4.78, 5) is 10.4. The highest BCUT2D eigenvalue weighted by Gasteiger charge is 2.40. The zero-order valence-corrected chi connectivity index (χ0v) is 9.26. The van der Waals surface area contributed by atoms with Gasteiger partial charge in [-0.3, -0.25) is 4.79 Å². The van der Waals surface area contributed by atoms with Gasteiger partial charge in [0.05, 0.1) is 18.6 Å². The SMILES string of the molecule is O=C(O)CC(O)CNC1CCOC1C1CC1. The van der Waals surface area contributed by atoms with E-state index in [1.165, 1.54) is 12.8 Å². The van der Waals surface area contributed by atoms with Crippen molar-refractivity contribution in [3.63, 3.8) is 0 Å². The Morgan fingerprint density at radius 1 is 1.44 bits per heavy atom. The van der Waals surface area contributed by atoms with Crippen LogP contribution in [0.2, 0.25) is 0 Å². The summed E-state index contributed by atoms with van der Waals surface area (Å²) < 4.78 is 5.64. The number of carbonyl (C=O) groups is 1. The zero-order valence-electron chi connectivity index (χ0n) is 9.26. The molecule has 92 valence electrons. The average molecular weight is 229 g/mol. The fourth-order valence-corrected chi connectivity index (χ4v) is 2.28. The molecule has 0 amide bonds. The van der Waals surface area contributed by atoms with Gasteiger partial charge in [0.1, 0.15) is 0 Å². The average Bonchev–Trinajstić information content (AvgIpc) is 2.94. The lowest BCUT2D eigenvalue weighted by Gasteiger charge is -2.20.